The average Bonchev–Trinajstić information content (AvgIpc) is 2.32. The van der Waals surface area contributed by atoms with Crippen LogP contribution in [0.1, 0.15) is 28.9 Å². The number of carbonyl (C=O) groups excluding carboxylic acids is 1. The molecular formula is C12H15N3O3. The fraction of sp³-hybridized carbons (Fsp3) is 0.417. The smallest absolute Gasteiger partial charge is 0.337 e. The molecular weight excluding hydrogens is 234 g/mol. The fourth-order valence-electron chi connectivity index (χ4n) is 1.93. The Balaban J connectivity index is 2.04. The fourth-order valence-corrected chi connectivity index (χ4v) is 1.93. The van der Waals surface area contributed by atoms with Gasteiger partial charge in [-0.05, 0) is 25.5 Å². The molecule has 0 saturated carbocycles. The molecule has 0 spiro atoms. The Kier molecular flexibility index (Phi) is 3.45. The summed E-state index contributed by atoms with van der Waals surface area (Å²) in [5.41, 5.74) is 0.685. The Labute approximate surface area is 104 Å². The number of amides is 1. The highest BCUT2D eigenvalue weighted by molar-refractivity contribution is 5.89. The second-order valence-electron chi connectivity index (χ2n) is 4.32. The molecule has 0 radical (unpaired) electrons. The van der Waals surface area contributed by atoms with E-state index in [1.165, 1.54) is 6.07 Å². The number of aryl methyl sites for hydroxylation is 1. The molecule has 2 rings (SSSR count). The van der Waals surface area contributed by atoms with Crippen LogP contribution in [-0.4, -0.2) is 34.6 Å². The third-order valence-corrected chi connectivity index (χ3v) is 2.93. The molecule has 0 bridgehead atoms. The summed E-state index contributed by atoms with van der Waals surface area (Å²) in [6.45, 7) is 2.23. The number of aromatic nitrogens is 1. The number of aromatic carboxylic acids is 1. The van der Waals surface area contributed by atoms with Crippen LogP contribution in [0.15, 0.2) is 12.1 Å². The molecule has 18 heavy (non-hydrogen) atoms. The third kappa shape index (κ3) is 2.77. The topological polar surface area (TPSA) is 91.3 Å². The first-order valence-corrected chi connectivity index (χ1v) is 5.80. The Bertz CT molecular complexity index is 477. The molecule has 1 aromatic heterocycles. The van der Waals surface area contributed by atoms with E-state index in [1.54, 1.807) is 13.0 Å². The first-order chi connectivity index (χ1) is 8.56. The van der Waals surface area contributed by atoms with E-state index in [0.29, 0.717) is 24.5 Å². The van der Waals surface area contributed by atoms with Gasteiger partial charge in [-0.15, -0.1) is 0 Å². The highest BCUT2D eigenvalue weighted by Crippen LogP contribution is 2.14. The summed E-state index contributed by atoms with van der Waals surface area (Å²) >= 11 is 0. The van der Waals surface area contributed by atoms with Gasteiger partial charge in [0.25, 0.3) is 0 Å². The summed E-state index contributed by atoms with van der Waals surface area (Å²) in [5.74, 6) is -0.270. The van der Waals surface area contributed by atoms with Crippen molar-refractivity contribution in [1.82, 2.24) is 10.3 Å². The molecule has 1 fully saturated rings. The Hall–Kier alpha value is -2.11. The zero-order valence-electron chi connectivity index (χ0n) is 10.1. The summed E-state index contributed by atoms with van der Waals surface area (Å²) in [6, 6.07) is 3.33. The van der Waals surface area contributed by atoms with Crippen molar-refractivity contribution < 1.29 is 14.7 Å². The lowest BCUT2D eigenvalue weighted by Gasteiger charge is -2.24. The van der Waals surface area contributed by atoms with E-state index in [-0.39, 0.29) is 17.5 Å². The standard InChI is InChI=1S/C12H15N3O3/c1-7-9(12(17)18)3-4-10(14-7)15-8-2-5-11(16)13-6-8/h3-4,8H,2,5-6H2,1H3,(H,13,16)(H,14,15)(H,17,18). The van der Waals surface area contributed by atoms with Crippen LogP contribution in [0.25, 0.3) is 0 Å². The molecule has 6 nitrogen and oxygen atoms in total. The summed E-state index contributed by atoms with van der Waals surface area (Å²) in [6.07, 6.45) is 1.26. The van der Waals surface area contributed by atoms with Gasteiger partial charge in [-0.2, -0.15) is 0 Å². The number of anilines is 1. The molecule has 3 N–H and O–H groups in total. The van der Waals surface area contributed by atoms with Crippen molar-refractivity contribution in [3.05, 3.63) is 23.4 Å². The third-order valence-electron chi connectivity index (χ3n) is 2.93. The van der Waals surface area contributed by atoms with Gasteiger partial charge in [0.2, 0.25) is 5.91 Å². The number of rotatable bonds is 3. The van der Waals surface area contributed by atoms with Gasteiger partial charge in [0, 0.05) is 19.0 Å². The van der Waals surface area contributed by atoms with Gasteiger partial charge in [0.1, 0.15) is 5.82 Å². The SMILES string of the molecule is Cc1nc(NC2CCC(=O)NC2)ccc1C(=O)O. The predicted molar refractivity (Wildman–Crippen MR) is 65.6 cm³/mol. The molecule has 1 atom stereocenters. The van der Waals surface area contributed by atoms with E-state index >= 15 is 0 Å². The zero-order valence-corrected chi connectivity index (χ0v) is 10.1. The molecule has 1 aliphatic rings. The van der Waals surface area contributed by atoms with Crippen molar-refractivity contribution in [3.63, 3.8) is 0 Å². The second kappa shape index (κ2) is 5.03. The van der Waals surface area contributed by atoms with Gasteiger partial charge in [0.05, 0.1) is 11.3 Å². The summed E-state index contributed by atoms with van der Waals surface area (Å²) < 4.78 is 0. The number of nitrogens with one attached hydrogen (secondary N) is 2. The highest BCUT2D eigenvalue weighted by atomic mass is 16.4. The van der Waals surface area contributed by atoms with Crippen LogP contribution in [0.4, 0.5) is 5.82 Å². The number of carboxylic acids is 1. The molecule has 6 heteroatoms. The van der Waals surface area contributed by atoms with E-state index in [4.69, 9.17) is 5.11 Å². The molecule has 2 heterocycles. The van der Waals surface area contributed by atoms with E-state index in [9.17, 15) is 9.59 Å². The predicted octanol–water partition coefficient (Wildman–Crippen LogP) is 0.779. The normalized spacial score (nSPS) is 19.2. The quantitative estimate of drug-likeness (QED) is 0.736. The van der Waals surface area contributed by atoms with Crippen LogP contribution in [0, 0.1) is 6.92 Å². The van der Waals surface area contributed by atoms with Crippen molar-refractivity contribution in [3.8, 4) is 0 Å². The maximum absolute atomic E-state index is 11.0. The van der Waals surface area contributed by atoms with Crippen LogP contribution in [-0.2, 0) is 4.79 Å². The highest BCUT2D eigenvalue weighted by Gasteiger charge is 2.18. The van der Waals surface area contributed by atoms with E-state index < -0.39 is 5.97 Å². The zero-order chi connectivity index (χ0) is 13.1. The number of hydrogen-bond acceptors (Lipinski definition) is 4. The van der Waals surface area contributed by atoms with Crippen molar-refractivity contribution >= 4 is 17.7 Å². The van der Waals surface area contributed by atoms with Crippen LogP contribution in [0.2, 0.25) is 0 Å². The minimum atomic E-state index is -0.975. The van der Waals surface area contributed by atoms with Gasteiger partial charge < -0.3 is 15.7 Å². The largest absolute Gasteiger partial charge is 0.478 e. The number of nitrogens with zero attached hydrogens (tertiary/aromatic N) is 1. The van der Waals surface area contributed by atoms with E-state index in [1.807, 2.05) is 0 Å². The van der Waals surface area contributed by atoms with Gasteiger partial charge >= 0.3 is 5.97 Å². The number of carboxylic acid groups (broad SMARTS) is 1. The lowest BCUT2D eigenvalue weighted by Crippen LogP contribution is -2.42. The summed E-state index contributed by atoms with van der Waals surface area (Å²) in [4.78, 5) is 26.1. The lowest BCUT2D eigenvalue weighted by atomic mass is 10.1. The van der Waals surface area contributed by atoms with Gasteiger partial charge in [-0.25, -0.2) is 9.78 Å². The number of carbonyl (C=O) groups is 2. The summed E-state index contributed by atoms with van der Waals surface area (Å²) in [5, 5.41) is 14.9. The van der Waals surface area contributed by atoms with Crippen molar-refractivity contribution in [2.24, 2.45) is 0 Å². The summed E-state index contributed by atoms with van der Waals surface area (Å²) in [7, 11) is 0. The Morgan fingerprint density at radius 2 is 2.33 bits per heavy atom. The first kappa shape index (κ1) is 12.3. The minimum Gasteiger partial charge on any atom is -0.478 e. The molecule has 0 aliphatic carbocycles. The monoisotopic (exact) mass is 249 g/mol. The second-order valence-corrected chi connectivity index (χ2v) is 4.32. The average molecular weight is 249 g/mol. The minimum absolute atomic E-state index is 0.0680. The molecule has 1 saturated heterocycles. The molecule has 96 valence electrons. The molecule has 0 aromatic carbocycles. The maximum Gasteiger partial charge on any atom is 0.337 e. The number of pyridine rings is 1. The Morgan fingerprint density at radius 3 is 2.89 bits per heavy atom. The van der Waals surface area contributed by atoms with Crippen molar-refractivity contribution in [1.29, 1.82) is 0 Å². The van der Waals surface area contributed by atoms with E-state index in [2.05, 4.69) is 15.6 Å². The van der Waals surface area contributed by atoms with E-state index in [0.717, 1.165) is 6.42 Å². The molecule has 1 aliphatic heterocycles. The first-order valence-electron chi connectivity index (χ1n) is 5.80. The molecule has 1 amide bonds. The molecule has 1 aromatic rings. The van der Waals surface area contributed by atoms with Crippen LogP contribution in [0.5, 0.6) is 0 Å². The Morgan fingerprint density at radius 1 is 1.56 bits per heavy atom. The maximum atomic E-state index is 11.0. The van der Waals surface area contributed by atoms with Gasteiger partial charge in [-0.3, -0.25) is 4.79 Å². The number of hydrogen-bond donors (Lipinski definition) is 3. The number of piperidine rings is 1. The van der Waals surface area contributed by atoms with Crippen molar-refractivity contribution in [2.45, 2.75) is 25.8 Å². The van der Waals surface area contributed by atoms with Crippen molar-refractivity contribution in [2.75, 3.05) is 11.9 Å². The lowest BCUT2D eigenvalue weighted by molar-refractivity contribution is -0.122. The van der Waals surface area contributed by atoms with Gasteiger partial charge in [-0.1, -0.05) is 0 Å². The van der Waals surface area contributed by atoms with Crippen LogP contribution < -0.4 is 10.6 Å². The molecule has 1 unspecified atom stereocenters. The van der Waals surface area contributed by atoms with Crippen LogP contribution in [0.3, 0.4) is 0 Å². The van der Waals surface area contributed by atoms with Gasteiger partial charge in [0.15, 0.2) is 0 Å². The van der Waals surface area contributed by atoms with Crippen LogP contribution >= 0.6 is 0 Å².